The van der Waals surface area contributed by atoms with E-state index >= 15 is 0 Å². The third-order valence-electron chi connectivity index (χ3n) is 2.30. The lowest BCUT2D eigenvalue weighted by atomic mass is 9.95. The number of rotatable bonds is 4. The van der Waals surface area contributed by atoms with Gasteiger partial charge in [0.05, 0.1) is 7.11 Å². The topological polar surface area (TPSA) is 70.1 Å². The van der Waals surface area contributed by atoms with Gasteiger partial charge in [-0.15, -0.1) is 0 Å². The van der Waals surface area contributed by atoms with E-state index in [4.69, 9.17) is 9.94 Å². The Labute approximate surface area is 102 Å². The summed E-state index contributed by atoms with van der Waals surface area (Å²) in [6.45, 7) is 7.59. The monoisotopic (exact) mass is 246 g/mol. The van der Waals surface area contributed by atoms with E-state index in [-0.39, 0.29) is 17.9 Å². The summed E-state index contributed by atoms with van der Waals surface area (Å²) in [6, 6.07) is -0.767. The maximum Gasteiger partial charge on any atom is 0.407 e. The number of likely N-dealkylation sites (N-methyl/N-ethyl adjacent to an activating group) is 1. The Morgan fingerprint density at radius 3 is 2.12 bits per heavy atom. The fourth-order valence-corrected chi connectivity index (χ4v) is 1.37. The highest BCUT2D eigenvalue weighted by Crippen LogP contribution is 2.17. The van der Waals surface area contributed by atoms with Gasteiger partial charge in [-0.25, -0.2) is 9.86 Å². The smallest absolute Gasteiger partial charge is 0.407 e. The minimum atomic E-state index is -1.11. The van der Waals surface area contributed by atoms with Gasteiger partial charge in [0, 0.05) is 13.6 Å². The molecule has 100 valence electrons. The molecule has 0 spiro atoms. The quantitative estimate of drug-likeness (QED) is 0.762. The van der Waals surface area contributed by atoms with Crippen LogP contribution in [0.2, 0.25) is 0 Å². The maximum atomic E-state index is 11.8. The molecule has 1 atom stereocenters. The van der Waals surface area contributed by atoms with Crippen LogP contribution in [-0.2, 0) is 9.63 Å². The first-order valence-electron chi connectivity index (χ1n) is 5.41. The molecule has 0 saturated carbocycles. The highest BCUT2D eigenvalue weighted by atomic mass is 16.7. The van der Waals surface area contributed by atoms with E-state index in [0.717, 1.165) is 9.96 Å². The predicted octanol–water partition coefficient (Wildman–Crippen LogP) is 1.42. The SMILES string of the molecule is CON(C)C(=O)[C@H](C)N(CC(C)(C)C)C(=O)O. The maximum absolute atomic E-state index is 11.8. The van der Waals surface area contributed by atoms with E-state index in [9.17, 15) is 9.59 Å². The van der Waals surface area contributed by atoms with Crippen LogP contribution >= 0.6 is 0 Å². The molecule has 17 heavy (non-hydrogen) atoms. The van der Waals surface area contributed by atoms with E-state index in [1.807, 2.05) is 20.8 Å². The van der Waals surface area contributed by atoms with Crippen LogP contribution in [0.1, 0.15) is 27.7 Å². The lowest BCUT2D eigenvalue weighted by Gasteiger charge is -2.32. The molecule has 0 aromatic rings. The normalized spacial score (nSPS) is 13.1. The number of nitrogens with zero attached hydrogens (tertiary/aromatic N) is 2. The van der Waals surface area contributed by atoms with Crippen molar-refractivity contribution in [3.05, 3.63) is 0 Å². The van der Waals surface area contributed by atoms with Gasteiger partial charge in [-0.05, 0) is 12.3 Å². The van der Waals surface area contributed by atoms with Crippen LogP contribution in [0.5, 0.6) is 0 Å². The summed E-state index contributed by atoms with van der Waals surface area (Å²) >= 11 is 0. The average Bonchev–Trinajstić information content (AvgIpc) is 2.21. The Morgan fingerprint density at radius 2 is 1.82 bits per heavy atom. The molecule has 0 radical (unpaired) electrons. The lowest BCUT2D eigenvalue weighted by molar-refractivity contribution is -0.173. The molecule has 0 unspecified atom stereocenters. The van der Waals surface area contributed by atoms with E-state index in [2.05, 4.69) is 0 Å². The third kappa shape index (κ3) is 5.04. The van der Waals surface area contributed by atoms with Crippen molar-refractivity contribution in [2.24, 2.45) is 5.41 Å². The molecule has 0 bridgehead atoms. The van der Waals surface area contributed by atoms with Gasteiger partial charge in [0.15, 0.2) is 0 Å². The molecule has 1 N–H and O–H groups in total. The standard InChI is InChI=1S/C11H22N2O4/c1-8(9(14)12(5)17-6)13(10(15)16)7-11(2,3)4/h8H,7H2,1-6H3,(H,15,16)/t8-/m0/s1. The number of carbonyl (C=O) groups excluding carboxylic acids is 1. The molecule has 0 aliphatic rings. The van der Waals surface area contributed by atoms with Gasteiger partial charge in [-0.3, -0.25) is 14.5 Å². The second-order valence-corrected chi connectivity index (χ2v) is 5.17. The van der Waals surface area contributed by atoms with Crippen molar-refractivity contribution >= 4 is 12.0 Å². The average molecular weight is 246 g/mol. The molecule has 0 aliphatic carbocycles. The molecule has 0 fully saturated rings. The molecule has 2 amide bonds. The van der Waals surface area contributed by atoms with Crippen molar-refractivity contribution in [1.82, 2.24) is 9.96 Å². The van der Waals surface area contributed by atoms with Crippen molar-refractivity contribution in [3.63, 3.8) is 0 Å². The molecule has 0 rings (SSSR count). The van der Waals surface area contributed by atoms with Crippen molar-refractivity contribution < 1.29 is 19.5 Å². The van der Waals surface area contributed by atoms with Gasteiger partial charge >= 0.3 is 6.09 Å². The molecule has 0 saturated heterocycles. The first kappa shape index (κ1) is 15.7. The minimum absolute atomic E-state index is 0.210. The van der Waals surface area contributed by atoms with Gasteiger partial charge in [0.2, 0.25) is 0 Å². The zero-order valence-electron chi connectivity index (χ0n) is 11.4. The van der Waals surface area contributed by atoms with Gasteiger partial charge in [-0.2, -0.15) is 0 Å². The van der Waals surface area contributed by atoms with Crippen LogP contribution in [-0.4, -0.2) is 53.8 Å². The fraction of sp³-hybridized carbons (Fsp3) is 0.818. The van der Waals surface area contributed by atoms with E-state index in [0.29, 0.717) is 0 Å². The Morgan fingerprint density at radius 1 is 1.35 bits per heavy atom. The molecule has 0 aromatic heterocycles. The Hall–Kier alpha value is -1.30. The summed E-state index contributed by atoms with van der Waals surface area (Å²) in [5.41, 5.74) is -0.210. The molecule has 6 heteroatoms. The first-order valence-corrected chi connectivity index (χ1v) is 5.41. The van der Waals surface area contributed by atoms with Crippen LogP contribution in [0.25, 0.3) is 0 Å². The summed E-state index contributed by atoms with van der Waals surface area (Å²) in [7, 11) is 2.81. The molecule has 0 aliphatic heterocycles. The van der Waals surface area contributed by atoms with Crippen LogP contribution in [0.4, 0.5) is 4.79 Å². The zero-order chi connectivity index (χ0) is 13.8. The Bertz CT molecular complexity index is 286. The number of hydroxylamine groups is 2. The van der Waals surface area contributed by atoms with Gasteiger partial charge in [-0.1, -0.05) is 20.8 Å². The highest BCUT2D eigenvalue weighted by Gasteiger charge is 2.31. The van der Waals surface area contributed by atoms with Gasteiger partial charge < -0.3 is 5.11 Å². The summed E-state index contributed by atoms with van der Waals surface area (Å²) in [6.07, 6.45) is -1.11. The fourth-order valence-electron chi connectivity index (χ4n) is 1.37. The van der Waals surface area contributed by atoms with Crippen molar-refractivity contribution in [2.45, 2.75) is 33.7 Å². The number of carboxylic acid groups (broad SMARTS) is 1. The van der Waals surface area contributed by atoms with E-state index < -0.39 is 12.1 Å². The number of amides is 2. The van der Waals surface area contributed by atoms with Gasteiger partial charge in [0.1, 0.15) is 6.04 Å². The second-order valence-electron chi connectivity index (χ2n) is 5.17. The summed E-state index contributed by atoms with van der Waals surface area (Å²) in [4.78, 5) is 28.8. The van der Waals surface area contributed by atoms with Crippen molar-refractivity contribution in [3.8, 4) is 0 Å². The molecular formula is C11H22N2O4. The first-order chi connectivity index (χ1) is 7.60. The van der Waals surface area contributed by atoms with E-state index in [1.54, 1.807) is 6.92 Å². The highest BCUT2D eigenvalue weighted by molar-refractivity contribution is 5.84. The van der Waals surface area contributed by atoms with Crippen LogP contribution < -0.4 is 0 Å². The van der Waals surface area contributed by atoms with Gasteiger partial charge in [0.25, 0.3) is 5.91 Å². The van der Waals surface area contributed by atoms with Crippen LogP contribution in [0.15, 0.2) is 0 Å². The number of hydrogen-bond donors (Lipinski definition) is 1. The van der Waals surface area contributed by atoms with Crippen LogP contribution in [0.3, 0.4) is 0 Å². The Kier molecular flexibility index (Phi) is 5.41. The lowest BCUT2D eigenvalue weighted by Crippen LogP contribution is -2.50. The molecule has 6 nitrogen and oxygen atoms in total. The molecule has 0 aromatic carbocycles. The Balaban J connectivity index is 4.84. The number of hydrogen-bond acceptors (Lipinski definition) is 3. The summed E-state index contributed by atoms with van der Waals surface area (Å²) < 4.78 is 0. The summed E-state index contributed by atoms with van der Waals surface area (Å²) in [5.74, 6) is -0.390. The third-order valence-corrected chi connectivity index (χ3v) is 2.30. The molecular weight excluding hydrogens is 224 g/mol. The number of carbonyl (C=O) groups is 2. The minimum Gasteiger partial charge on any atom is -0.465 e. The molecule has 0 heterocycles. The second kappa shape index (κ2) is 5.86. The largest absolute Gasteiger partial charge is 0.465 e. The van der Waals surface area contributed by atoms with Crippen molar-refractivity contribution in [1.29, 1.82) is 0 Å². The van der Waals surface area contributed by atoms with Crippen LogP contribution in [0, 0.1) is 5.41 Å². The predicted molar refractivity (Wildman–Crippen MR) is 63.4 cm³/mol. The van der Waals surface area contributed by atoms with Crippen molar-refractivity contribution in [2.75, 3.05) is 20.7 Å². The summed E-state index contributed by atoms with van der Waals surface area (Å²) in [5, 5.41) is 10.2. The van der Waals surface area contributed by atoms with E-state index in [1.165, 1.54) is 14.2 Å². The zero-order valence-corrected chi connectivity index (χ0v) is 11.4.